The monoisotopic (exact) mass is 281 g/mol. The molecule has 1 aliphatic heterocycles. The van der Waals surface area contributed by atoms with Gasteiger partial charge in [-0.3, -0.25) is 9.59 Å². The topological polar surface area (TPSA) is 57.6 Å². The number of rotatable bonds is 3. The molecule has 102 valence electrons. The Bertz CT molecular complexity index is 515. The summed E-state index contributed by atoms with van der Waals surface area (Å²) in [5.41, 5.74) is 1.42. The maximum atomic E-state index is 12.5. The Hall–Kier alpha value is -1.55. The Kier molecular flexibility index (Phi) is 4.10. The molecule has 0 aliphatic carbocycles. The lowest BCUT2D eigenvalue weighted by Gasteiger charge is -2.24. The molecule has 0 radical (unpaired) electrons. The van der Waals surface area contributed by atoms with Crippen LogP contribution in [0.2, 0.25) is 5.02 Å². The van der Waals surface area contributed by atoms with Crippen molar-refractivity contribution in [2.45, 2.75) is 32.2 Å². The smallest absolute Gasteiger partial charge is 0.305 e. The molecule has 19 heavy (non-hydrogen) atoms. The molecule has 0 spiro atoms. The van der Waals surface area contributed by atoms with Crippen LogP contribution in [0.1, 0.15) is 35.2 Å². The van der Waals surface area contributed by atoms with Crippen LogP contribution in [0.5, 0.6) is 0 Å². The first-order valence-corrected chi connectivity index (χ1v) is 6.65. The maximum Gasteiger partial charge on any atom is 0.305 e. The number of aryl methyl sites for hydroxylation is 1. The van der Waals surface area contributed by atoms with Crippen molar-refractivity contribution in [3.05, 3.63) is 34.3 Å². The molecule has 0 bridgehead atoms. The van der Waals surface area contributed by atoms with E-state index in [1.54, 1.807) is 23.1 Å². The second kappa shape index (κ2) is 5.61. The molecule has 1 atom stereocenters. The van der Waals surface area contributed by atoms with E-state index in [0.29, 0.717) is 17.1 Å². The molecule has 1 saturated heterocycles. The zero-order valence-corrected chi connectivity index (χ0v) is 11.5. The fourth-order valence-corrected chi connectivity index (χ4v) is 2.77. The number of halogens is 1. The average Bonchev–Trinajstić information content (AvgIpc) is 2.75. The van der Waals surface area contributed by atoms with Crippen LogP contribution >= 0.6 is 11.6 Å². The van der Waals surface area contributed by atoms with Gasteiger partial charge in [0.1, 0.15) is 0 Å². The van der Waals surface area contributed by atoms with Crippen molar-refractivity contribution in [1.29, 1.82) is 0 Å². The zero-order valence-electron chi connectivity index (χ0n) is 10.7. The molecule has 0 saturated carbocycles. The van der Waals surface area contributed by atoms with Gasteiger partial charge >= 0.3 is 5.97 Å². The normalized spacial score (nSPS) is 18.6. The SMILES string of the molecule is Cc1cc(Cl)ccc1C(=O)N1CCC[C@H]1CC(=O)O. The highest BCUT2D eigenvalue weighted by Gasteiger charge is 2.31. The van der Waals surface area contributed by atoms with Gasteiger partial charge in [-0.05, 0) is 43.5 Å². The molecule has 0 aromatic heterocycles. The van der Waals surface area contributed by atoms with E-state index in [2.05, 4.69) is 0 Å². The number of aliphatic carboxylic acids is 1. The molecular formula is C14H16ClNO3. The van der Waals surface area contributed by atoms with E-state index in [4.69, 9.17) is 16.7 Å². The van der Waals surface area contributed by atoms with E-state index < -0.39 is 5.97 Å². The molecule has 1 aromatic carbocycles. The van der Waals surface area contributed by atoms with Gasteiger partial charge in [0.05, 0.1) is 6.42 Å². The number of carboxylic acids is 1. The largest absolute Gasteiger partial charge is 0.481 e. The van der Waals surface area contributed by atoms with Gasteiger partial charge in [0.25, 0.3) is 5.91 Å². The van der Waals surface area contributed by atoms with E-state index in [9.17, 15) is 9.59 Å². The lowest BCUT2D eigenvalue weighted by Crippen LogP contribution is -2.37. The number of nitrogens with zero attached hydrogens (tertiary/aromatic N) is 1. The molecule has 5 heteroatoms. The molecule has 1 fully saturated rings. The standard InChI is InChI=1S/C14H16ClNO3/c1-9-7-10(15)4-5-12(9)14(19)16-6-2-3-11(16)8-13(17)18/h4-5,7,11H,2-3,6,8H2,1H3,(H,17,18)/t11-/m0/s1. The third-order valence-electron chi connectivity index (χ3n) is 3.47. The van der Waals surface area contributed by atoms with Crippen LogP contribution in [-0.2, 0) is 4.79 Å². The Morgan fingerprint density at radius 1 is 1.47 bits per heavy atom. The van der Waals surface area contributed by atoms with Crippen molar-refractivity contribution in [3.8, 4) is 0 Å². The minimum atomic E-state index is -0.863. The van der Waals surface area contributed by atoms with Gasteiger partial charge in [0, 0.05) is 23.2 Å². The number of amides is 1. The Morgan fingerprint density at radius 2 is 2.21 bits per heavy atom. The van der Waals surface area contributed by atoms with Crippen molar-refractivity contribution < 1.29 is 14.7 Å². The Morgan fingerprint density at radius 3 is 2.84 bits per heavy atom. The van der Waals surface area contributed by atoms with E-state index in [1.807, 2.05) is 6.92 Å². The Labute approximate surface area is 117 Å². The highest BCUT2D eigenvalue weighted by atomic mass is 35.5. The van der Waals surface area contributed by atoms with E-state index in [-0.39, 0.29) is 18.4 Å². The van der Waals surface area contributed by atoms with Gasteiger partial charge in [0.2, 0.25) is 0 Å². The minimum Gasteiger partial charge on any atom is -0.481 e. The summed E-state index contributed by atoms with van der Waals surface area (Å²) in [5.74, 6) is -0.963. The van der Waals surface area contributed by atoms with Crippen LogP contribution in [0.15, 0.2) is 18.2 Å². The summed E-state index contributed by atoms with van der Waals surface area (Å²) in [5, 5.41) is 9.47. The Balaban J connectivity index is 2.20. The lowest BCUT2D eigenvalue weighted by molar-refractivity contribution is -0.137. The number of hydrogen-bond acceptors (Lipinski definition) is 2. The van der Waals surface area contributed by atoms with E-state index in [1.165, 1.54) is 0 Å². The maximum absolute atomic E-state index is 12.5. The first-order chi connectivity index (χ1) is 8.99. The predicted molar refractivity (Wildman–Crippen MR) is 72.5 cm³/mol. The fourth-order valence-electron chi connectivity index (χ4n) is 2.54. The van der Waals surface area contributed by atoms with E-state index in [0.717, 1.165) is 18.4 Å². The summed E-state index contributed by atoms with van der Waals surface area (Å²) >= 11 is 5.88. The molecule has 1 N–H and O–H groups in total. The molecule has 0 unspecified atom stereocenters. The van der Waals surface area contributed by atoms with Crippen LogP contribution in [-0.4, -0.2) is 34.5 Å². The molecule has 2 rings (SSSR count). The van der Waals surface area contributed by atoms with E-state index >= 15 is 0 Å². The lowest BCUT2D eigenvalue weighted by atomic mass is 10.1. The van der Waals surface area contributed by atoms with Crippen molar-refractivity contribution in [3.63, 3.8) is 0 Å². The summed E-state index contributed by atoms with van der Waals surface area (Å²) in [4.78, 5) is 24.9. The van der Waals surface area contributed by atoms with Crippen LogP contribution in [0, 0.1) is 6.92 Å². The molecule has 1 heterocycles. The molecular weight excluding hydrogens is 266 g/mol. The van der Waals surface area contributed by atoms with Crippen molar-refractivity contribution >= 4 is 23.5 Å². The number of carboxylic acid groups (broad SMARTS) is 1. The van der Waals surface area contributed by atoms with Crippen molar-refractivity contribution in [2.75, 3.05) is 6.54 Å². The highest BCUT2D eigenvalue weighted by Crippen LogP contribution is 2.24. The average molecular weight is 282 g/mol. The van der Waals surface area contributed by atoms with Crippen molar-refractivity contribution in [2.24, 2.45) is 0 Å². The third-order valence-corrected chi connectivity index (χ3v) is 3.70. The molecule has 1 amide bonds. The second-order valence-electron chi connectivity index (χ2n) is 4.85. The van der Waals surface area contributed by atoms with Crippen LogP contribution < -0.4 is 0 Å². The highest BCUT2D eigenvalue weighted by molar-refractivity contribution is 6.30. The molecule has 4 nitrogen and oxygen atoms in total. The number of hydrogen-bond donors (Lipinski definition) is 1. The summed E-state index contributed by atoms with van der Waals surface area (Å²) < 4.78 is 0. The van der Waals surface area contributed by atoms with Gasteiger partial charge in [-0.1, -0.05) is 11.6 Å². The summed E-state index contributed by atoms with van der Waals surface area (Å²) in [7, 11) is 0. The quantitative estimate of drug-likeness (QED) is 0.927. The van der Waals surface area contributed by atoms with Crippen molar-refractivity contribution in [1.82, 2.24) is 4.90 Å². The van der Waals surface area contributed by atoms with Gasteiger partial charge in [-0.2, -0.15) is 0 Å². The second-order valence-corrected chi connectivity index (χ2v) is 5.29. The third kappa shape index (κ3) is 3.07. The van der Waals surface area contributed by atoms with Crippen LogP contribution in [0.3, 0.4) is 0 Å². The minimum absolute atomic E-state index is 0.0123. The first-order valence-electron chi connectivity index (χ1n) is 6.28. The van der Waals surface area contributed by atoms with Crippen LogP contribution in [0.4, 0.5) is 0 Å². The summed E-state index contributed by atoms with van der Waals surface area (Å²) in [6, 6.07) is 4.94. The summed E-state index contributed by atoms with van der Waals surface area (Å²) in [6.45, 7) is 2.46. The van der Waals surface area contributed by atoms with Crippen LogP contribution in [0.25, 0.3) is 0 Å². The number of carbonyl (C=O) groups is 2. The molecule has 1 aliphatic rings. The predicted octanol–water partition coefficient (Wildman–Crippen LogP) is 2.73. The first kappa shape index (κ1) is 13.9. The van der Waals surface area contributed by atoms with Gasteiger partial charge < -0.3 is 10.0 Å². The van der Waals surface area contributed by atoms with Gasteiger partial charge in [-0.15, -0.1) is 0 Å². The zero-order chi connectivity index (χ0) is 14.0. The summed E-state index contributed by atoms with van der Waals surface area (Å²) in [6.07, 6.45) is 1.62. The number of carbonyl (C=O) groups excluding carboxylic acids is 1. The number of likely N-dealkylation sites (tertiary alicyclic amines) is 1. The van der Waals surface area contributed by atoms with Gasteiger partial charge in [0.15, 0.2) is 0 Å². The molecule has 1 aromatic rings. The number of benzene rings is 1. The van der Waals surface area contributed by atoms with Gasteiger partial charge in [-0.25, -0.2) is 0 Å². The fraction of sp³-hybridized carbons (Fsp3) is 0.429.